The summed E-state index contributed by atoms with van der Waals surface area (Å²) in [6, 6.07) is 0. The molecule has 0 aliphatic heterocycles. The van der Waals surface area contributed by atoms with Gasteiger partial charge < -0.3 is 33.8 Å². The summed E-state index contributed by atoms with van der Waals surface area (Å²) < 4.78 is 68.4. The minimum Gasteiger partial charge on any atom is -0.462 e. The Hall–Kier alpha value is -1.94. The second-order valence-electron chi connectivity index (χ2n) is 28.1. The van der Waals surface area contributed by atoms with E-state index in [0.29, 0.717) is 25.7 Å². The van der Waals surface area contributed by atoms with Crippen molar-refractivity contribution in [3.63, 3.8) is 0 Å². The van der Waals surface area contributed by atoms with Gasteiger partial charge >= 0.3 is 39.5 Å². The van der Waals surface area contributed by atoms with Gasteiger partial charge in [0.05, 0.1) is 26.4 Å². The highest BCUT2D eigenvalue weighted by Crippen LogP contribution is 2.45. The molecule has 564 valence electrons. The molecule has 0 amide bonds. The molecule has 17 nitrogen and oxygen atoms in total. The molecule has 0 heterocycles. The first kappa shape index (κ1) is 93.1. The van der Waals surface area contributed by atoms with E-state index >= 15 is 0 Å². The summed E-state index contributed by atoms with van der Waals surface area (Å²) in [7, 11) is -9.90. The first-order valence-corrected chi connectivity index (χ1v) is 42.5. The van der Waals surface area contributed by atoms with Gasteiger partial charge in [-0.3, -0.25) is 37.3 Å². The molecule has 0 saturated heterocycles. The van der Waals surface area contributed by atoms with Crippen LogP contribution in [0.3, 0.4) is 0 Å². The fourth-order valence-electron chi connectivity index (χ4n) is 11.6. The molecule has 0 aromatic heterocycles. The Bertz CT molecular complexity index is 1840. The van der Waals surface area contributed by atoms with Gasteiger partial charge in [0, 0.05) is 25.7 Å². The molecule has 0 saturated carbocycles. The van der Waals surface area contributed by atoms with E-state index in [9.17, 15) is 43.2 Å². The maximum absolute atomic E-state index is 13.1. The van der Waals surface area contributed by atoms with Crippen molar-refractivity contribution < 1.29 is 80.2 Å². The molecule has 0 spiro atoms. The quantitative estimate of drug-likeness (QED) is 0.0222. The Morgan fingerprint density at radius 3 is 0.800 bits per heavy atom. The Balaban J connectivity index is 5.16. The lowest BCUT2D eigenvalue weighted by Crippen LogP contribution is -2.30. The molecule has 3 unspecified atom stereocenters. The van der Waals surface area contributed by atoms with Crippen LogP contribution in [0.4, 0.5) is 0 Å². The molecule has 6 atom stereocenters. The van der Waals surface area contributed by atoms with Crippen LogP contribution in [0.15, 0.2) is 0 Å². The molecule has 0 fully saturated rings. The number of carbonyl (C=O) groups excluding carboxylic acids is 4. The van der Waals surface area contributed by atoms with Crippen molar-refractivity contribution in [1.29, 1.82) is 0 Å². The van der Waals surface area contributed by atoms with Crippen molar-refractivity contribution in [2.45, 2.75) is 413 Å². The van der Waals surface area contributed by atoms with Crippen LogP contribution in [0.1, 0.15) is 395 Å². The fraction of sp³-hybridized carbons (Fsp3) is 0.947. The minimum atomic E-state index is -4.96. The van der Waals surface area contributed by atoms with Gasteiger partial charge in [-0.2, -0.15) is 0 Å². The largest absolute Gasteiger partial charge is 0.472 e. The monoisotopic (exact) mass is 1400 g/mol. The molecular weight excluding hydrogens is 1250 g/mol. The average molecular weight is 1400 g/mol. The number of hydrogen-bond acceptors (Lipinski definition) is 15. The van der Waals surface area contributed by atoms with E-state index in [4.69, 9.17) is 37.0 Å². The van der Waals surface area contributed by atoms with Crippen LogP contribution < -0.4 is 0 Å². The number of hydrogen-bond donors (Lipinski definition) is 3. The van der Waals surface area contributed by atoms with Gasteiger partial charge in [-0.25, -0.2) is 9.13 Å². The molecule has 0 bridgehead atoms. The molecule has 0 aromatic carbocycles. The zero-order valence-corrected chi connectivity index (χ0v) is 63.8. The SMILES string of the molecule is CCCCCCCCCCCCCC(=O)O[C@H](COC(=O)CCCCCCCCCC)COP(=O)(O)OC[C@H](O)COP(=O)(O)OC[C@@H](COC(=O)CCCCCCCCCCCCCC(C)C)OC(=O)CCCCCCCCCCCCCCCCCCCCC(C)CC. The molecule has 3 N–H and O–H groups in total. The Labute approximate surface area is 581 Å². The van der Waals surface area contributed by atoms with Crippen molar-refractivity contribution in [1.82, 2.24) is 0 Å². The molecule has 95 heavy (non-hydrogen) atoms. The van der Waals surface area contributed by atoms with E-state index in [1.54, 1.807) is 0 Å². The third-order valence-corrected chi connectivity index (χ3v) is 20.0. The highest BCUT2D eigenvalue weighted by Gasteiger charge is 2.30. The third kappa shape index (κ3) is 69.0. The third-order valence-electron chi connectivity index (χ3n) is 18.1. The number of esters is 4. The van der Waals surface area contributed by atoms with Gasteiger partial charge in [0.2, 0.25) is 0 Å². The number of unbranched alkanes of at least 4 members (excludes halogenated alkanes) is 44. The van der Waals surface area contributed by atoms with Gasteiger partial charge in [-0.15, -0.1) is 0 Å². The van der Waals surface area contributed by atoms with Crippen LogP contribution in [0.2, 0.25) is 0 Å². The first-order valence-electron chi connectivity index (χ1n) is 39.5. The normalized spacial score (nSPS) is 14.3. The van der Waals surface area contributed by atoms with Gasteiger partial charge in [0.1, 0.15) is 19.3 Å². The van der Waals surface area contributed by atoms with E-state index in [2.05, 4.69) is 41.5 Å². The molecule has 19 heteroatoms. The van der Waals surface area contributed by atoms with Crippen LogP contribution >= 0.6 is 15.6 Å². The fourth-order valence-corrected chi connectivity index (χ4v) is 13.2. The molecule has 0 aliphatic carbocycles. The topological polar surface area (TPSA) is 237 Å². The van der Waals surface area contributed by atoms with Crippen molar-refractivity contribution >= 4 is 39.5 Å². The van der Waals surface area contributed by atoms with Crippen LogP contribution in [0, 0.1) is 11.8 Å². The zero-order valence-electron chi connectivity index (χ0n) is 62.0. The molecule has 0 aromatic rings. The van der Waals surface area contributed by atoms with E-state index in [1.165, 1.54) is 205 Å². The molecule has 0 radical (unpaired) electrons. The van der Waals surface area contributed by atoms with Crippen LogP contribution in [-0.2, 0) is 65.4 Å². The predicted octanol–water partition coefficient (Wildman–Crippen LogP) is 22.3. The van der Waals surface area contributed by atoms with Crippen LogP contribution in [0.25, 0.3) is 0 Å². The Kier molecular flexibility index (Phi) is 66.5. The van der Waals surface area contributed by atoms with E-state index in [0.717, 1.165) is 108 Å². The van der Waals surface area contributed by atoms with E-state index in [-0.39, 0.29) is 25.7 Å². The van der Waals surface area contributed by atoms with Gasteiger partial charge in [-0.05, 0) is 37.5 Å². The van der Waals surface area contributed by atoms with Gasteiger partial charge in [0.25, 0.3) is 0 Å². The lowest BCUT2D eigenvalue weighted by Gasteiger charge is -2.21. The Morgan fingerprint density at radius 2 is 0.537 bits per heavy atom. The second kappa shape index (κ2) is 67.9. The van der Waals surface area contributed by atoms with E-state index in [1.807, 2.05) is 0 Å². The number of phosphoric ester groups is 2. The summed E-state index contributed by atoms with van der Waals surface area (Å²) in [5.41, 5.74) is 0. The number of phosphoric acid groups is 2. The molecule has 0 rings (SSSR count). The van der Waals surface area contributed by atoms with Crippen molar-refractivity contribution in [3.05, 3.63) is 0 Å². The standard InChI is InChI=1S/C76H148O17P2/c1-7-10-12-14-16-18-28-36-42-48-54-60-75(80)92-71(64-86-73(78)58-52-46-40-17-15-13-11-8-2)66-90-94(82,83)88-62-70(77)63-89-95(84,85)91-67-72(65-87-74(79)59-53-47-41-35-32-27-29-33-38-44-50-56-68(4)5)93-76(81)61-55-49-43-37-31-26-24-22-20-19-21-23-25-30-34-39-45-51-57-69(6)9-3/h68-72,77H,7-67H2,1-6H3,(H,82,83)(H,84,85)/t69?,70-,71+,72+/m0/s1. The van der Waals surface area contributed by atoms with Crippen molar-refractivity contribution in [2.75, 3.05) is 39.6 Å². The number of rotatable bonds is 75. The minimum absolute atomic E-state index is 0.107. The Morgan fingerprint density at radius 1 is 0.305 bits per heavy atom. The zero-order chi connectivity index (χ0) is 70.0. The summed E-state index contributed by atoms with van der Waals surface area (Å²) in [4.78, 5) is 72.7. The lowest BCUT2D eigenvalue weighted by molar-refractivity contribution is -0.161. The molecule has 0 aliphatic rings. The second-order valence-corrected chi connectivity index (χ2v) is 31.0. The van der Waals surface area contributed by atoms with Crippen LogP contribution in [0.5, 0.6) is 0 Å². The number of ether oxygens (including phenoxy) is 4. The maximum Gasteiger partial charge on any atom is 0.472 e. The summed E-state index contributed by atoms with van der Waals surface area (Å²) in [5, 5.41) is 10.6. The summed E-state index contributed by atoms with van der Waals surface area (Å²) in [6.07, 6.45) is 55.5. The number of aliphatic hydroxyl groups is 1. The smallest absolute Gasteiger partial charge is 0.462 e. The first-order chi connectivity index (χ1) is 45.9. The summed E-state index contributed by atoms with van der Waals surface area (Å²) >= 11 is 0. The van der Waals surface area contributed by atoms with E-state index < -0.39 is 97.5 Å². The molecular formula is C76H148O17P2. The van der Waals surface area contributed by atoms with Crippen molar-refractivity contribution in [3.8, 4) is 0 Å². The predicted molar refractivity (Wildman–Crippen MR) is 386 cm³/mol. The van der Waals surface area contributed by atoms with Gasteiger partial charge in [0.15, 0.2) is 12.2 Å². The summed E-state index contributed by atoms with van der Waals surface area (Å²) in [5.74, 6) is -0.476. The van der Waals surface area contributed by atoms with Gasteiger partial charge in [-0.1, -0.05) is 343 Å². The van der Waals surface area contributed by atoms with Crippen LogP contribution in [-0.4, -0.2) is 96.7 Å². The maximum atomic E-state index is 13.1. The highest BCUT2D eigenvalue weighted by molar-refractivity contribution is 7.47. The number of aliphatic hydroxyl groups excluding tert-OH is 1. The van der Waals surface area contributed by atoms with Crippen molar-refractivity contribution in [2.24, 2.45) is 11.8 Å². The number of carbonyl (C=O) groups is 4. The average Bonchev–Trinajstić information content (AvgIpc) is 2.12. The lowest BCUT2D eigenvalue weighted by atomic mass is 9.99. The summed E-state index contributed by atoms with van der Waals surface area (Å²) in [6.45, 7) is 9.63. The highest BCUT2D eigenvalue weighted by atomic mass is 31.2.